The zero-order valence-electron chi connectivity index (χ0n) is 20.7. The number of hydrogen-bond donors (Lipinski definition) is 1. The number of halogens is 1. The van der Waals surface area contributed by atoms with E-state index in [1.807, 2.05) is 4.90 Å². The fourth-order valence-electron chi connectivity index (χ4n) is 4.95. The molecule has 1 saturated carbocycles. The number of carbonyl (C=O) groups is 3. The van der Waals surface area contributed by atoms with Crippen LogP contribution in [0.3, 0.4) is 0 Å². The summed E-state index contributed by atoms with van der Waals surface area (Å²) >= 11 is 0. The molecule has 2 heterocycles. The van der Waals surface area contributed by atoms with E-state index in [0.29, 0.717) is 29.9 Å². The van der Waals surface area contributed by atoms with Crippen LogP contribution < -0.4 is 10.3 Å². The van der Waals surface area contributed by atoms with Crippen molar-refractivity contribution >= 4 is 34.5 Å². The van der Waals surface area contributed by atoms with E-state index >= 15 is 4.39 Å². The Morgan fingerprint density at radius 2 is 1.61 bits per heavy atom. The molecule has 1 N–H and O–H groups in total. The molecule has 194 valence electrons. The van der Waals surface area contributed by atoms with Gasteiger partial charge < -0.3 is 24.0 Å². The summed E-state index contributed by atoms with van der Waals surface area (Å²) in [5.74, 6) is -3.01. The van der Waals surface area contributed by atoms with Crippen molar-refractivity contribution in [1.29, 1.82) is 0 Å². The lowest BCUT2D eigenvalue weighted by Crippen LogP contribution is -2.25. The molecule has 1 aromatic heterocycles. The van der Waals surface area contributed by atoms with Gasteiger partial charge in [0, 0.05) is 55.4 Å². The van der Waals surface area contributed by atoms with Gasteiger partial charge in [-0.15, -0.1) is 0 Å². The highest BCUT2D eigenvalue weighted by molar-refractivity contribution is 5.95. The lowest BCUT2D eigenvalue weighted by atomic mass is 9.98. The maximum Gasteiger partial charge on any atom is 0.341 e. The quantitative estimate of drug-likeness (QED) is 0.519. The number of ether oxygens (including phenoxy) is 2. The minimum atomic E-state index is -1.34. The summed E-state index contributed by atoms with van der Waals surface area (Å²) in [6.07, 6.45) is 3.54. The highest BCUT2D eigenvalue weighted by Crippen LogP contribution is 2.41. The number of pyridine rings is 1. The summed E-state index contributed by atoms with van der Waals surface area (Å²) in [6.45, 7) is 6.13. The highest BCUT2D eigenvalue weighted by Gasteiger charge is 2.37. The summed E-state index contributed by atoms with van der Waals surface area (Å²) in [7, 11) is 0. The Bertz CT molecular complexity index is 1240. The fourth-order valence-corrected chi connectivity index (χ4v) is 4.95. The van der Waals surface area contributed by atoms with Crippen LogP contribution in [0.4, 0.5) is 10.1 Å². The number of rotatable bonds is 9. The molecular weight excluding hydrogens is 471 g/mol. The summed E-state index contributed by atoms with van der Waals surface area (Å²) in [4.78, 5) is 49.9. The van der Waals surface area contributed by atoms with E-state index in [1.54, 1.807) is 25.3 Å². The molecule has 4 rings (SSSR count). The predicted molar refractivity (Wildman–Crippen MR) is 130 cm³/mol. The lowest BCUT2D eigenvalue weighted by molar-refractivity contribution is -0.148. The van der Waals surface area contributed by atoms with Crippen LogP contribution >= 0.6 is 0 Å². The number of hydrogen-bond acceptors (Lipinski definition) is 7. The maximum absolute atomic E-state index is 15.6. The van der Waals surface area contributed by atoms with Crippen LogP contribution in [0.5, 0.6) is 0 Å². The van der Waals surface area contributed by atoms with Gasteiger partial charge in [0.1, 0.15) is 11.4 Å². The molecule has 2 aromatic rings. The van der Waals surface area contributed by atoms with Gasteiger partial charge in [0.2, 0.25) is 5.43 Å². The molecular formula is C26H31FN2O7. The van der Waals surface area contributed by atoms with E-state index in [4.69, 9.17) is 9.47 Å². The van der Waals surface area contributed by atoms with Gasteiger partial charge in [-0.3, -0.25) is 14.4 Å². The third kappa shape index (κ3) is 4.94. The number of anilines is 1. The molecule has 0 bridgehead atoms. The number of fused-ring (bicyclic) bond motifs is 1. The third-order valence-corrected chi connectivity index (χ3v) is 7.04. The largest absolute Gasteiger partial charge is 0.477 e. The summed E-state index contributed by atoms with van der Waals surface area (Å²) < 4.78 is 28.1. The van der Waals surface area contributed by atoms with Crippen LogP contribution in [-0.2, 0) is 19.1 Å². The average molecular weight is 503 g/mol. The molecule has 9 nitrogen and oxygen atoms in total. The standard InChI is InChI=1S/C26H31FN2O7/c1-4-21(30)35-12-15-9-28(10-16(15)13-36-22(31)5-2)24-14(3)23-18(8-20(24)27)25(32)19(26(33)34)11-29(23)17-6-7-17/h8,11,15-17H,4-7,9-10,12-13H2,1-3H3,(H,33,34). The summed E-state index contributed by atoms with van der Waals surface area (Å²) in [5.41, 5.74) is 0.298. The number of carbonyl (C=O) groups excluding carboxylic acids is 2. The van der Waals surface area contributed by atoms with Crippen LogP contribution in [0.25, 0.3) is 10.9 Å². The van der Waals surface area contributed by atoms with Crippen molar-refractivity contribution in [3.63, 3.8) is 0 Å². The minimum absolute atomic E-state index is 0.0431. The highest BCUT2D eigenvalue weighted by atomic mass is 19.1. The molecule has 2 fully saturated rings. The van der Waals surface area contributed by atoms with Gasteiger partial charge in [-0.1, -0.05) is 13.8 Å². The van der Waals surface area contributed by atoms with Gasteiger partial charge in [-0.25, -0.2) is 9.18 Å². The van der Waals surface area contributed by atoms with Crippen molar-refractivity contribution in [2.24, 2.45) is 11.8 Å². The number of aromatic carboxylic acids is 1. The number of esters is 2. The van der Waals surface area contributed by atoms with Crippen molar-refractivity contribution < 1.29 is 33.4 Å². The minimum Gasteiger partial charge on any atom is -0.477 e. The normalized spacial score (nSPS) is 19.5. The predicted octanol–water partition coefficient (Wildman–Crippen LogP) is 3.44. The van der Waals surface area contributed by atoms with Crippen molar-refractivity contribution in [2.45, 2.75) is 52.5 Å². The van der Waals surface area contributed by atoms with Crippen LogP contribution in [0.15, 0.2) is 17.1 Å². The second kappa shape index (κ2) is 10.3. The molecule has 2 unspecified atom stereocenters. The molecule has 1 aliphatic carbocycles. The Hall–Kier alpha value is -3.43. The summed E-state index contributed by atoms with van der Waals surface area (Å²) in [5, 5.41) is 9.55. The van der Waals surface area contributed by atoms with E-state index in [9.17, 15) is 24.3 Å². The fraction of sp³-hybridized carbons (Fsp3) is 0.538. The van der Waals surface area contributed by atoms with E-state index in [-0.39, 0.29) is 66.8 Å². The zero-order chi connectivity index (χ0) is 26.1. The lowest BCUT2D eigenvalue weighted by Gasteiger charge is -2.24. The first kappa shape index (κ1) is 25.7. The van der Waals surface area contributed by atoms with Gasteiger partial charge in [0.25, 0.3) is 0 Å². The molecule has 2 atom stereocenters. The van der Waals surface area contributed by atoms with E-state index in [0.717, 1.165) is 18.9 Å². The maximum atomic E-state index is 15.6. The molecule has 10 heteroatoms. The Morgan fingerprint density at radius 1 is 1.06 bits per heavy atom. The van der Waals surface area contributed by atoms with Crippen molar-refractivity contribution in [3.8, 4) is 0 Å². The number of aromatic nitrogens is 1. The molecule has 0 amide bonds. The number of carboxylic acids is 1. The molecule has 36 heavy (non-hydrogen) atoms. The summed E-state index contributed by atoms with van der Waals surface area (Å²) in [6, 6.07) is 1.19. The molecule has 1 saturated heterocycles. The smallest absolute Gasteiger partial charge is 0.341 e. The van der Waals surface area contributed by atoms with Crippen molar-refractivity contribution in [1.82, 2.24) is 4.57 Å². The van der Waals surface area contributed by atoms with E-state index in [1.165, 1.54) is 6.20 Å². The Labute approximate surface area is 207 Å². The SMILES string of the molecule is CCC(=O)OCC1CN(c2c(F)cc3c(=O)c(C(=O)O)cn(C4CC4)c3c2C)CC1COC(=O)CC. The number of aryl methyl sites for hydroxylation is 1. The van der Waals surface area contributed by atoms with E-state index in [2.05, 4.69) is 0 Å². The second-order valence-electron chi connectivity index (χ2n) is 9.54. The van der Waals surface area contributed by atoms with Crippen molar-refractivity contribution in [2.75, 3.05) is 31.2 Å². The molecule has 1 aromatic carbocycles. The number of benzene rings is 1. The van der Waals surface area contributed by atoms with Crippen LogP contribution in [-0.4, -0.2) is 53.9 Å². The van der Waals surface area contributed by atoms with Gasteiger partial charge in [-0.05, 0) is 31.4 Å². The van der Waals surface area contributed by atoms with Crippen molar-refractivity contribution in [3.05, 3.63) is 39.4 Å². The monoisotopic (exact) mass is 502 g/mol. The van der Waals surface area contributed by atoms with Crippen LogP contribution in [0, 0.1) is 24.6 Å². The van der Waals surface area contributed by atoms with Gasteiger partial charge in [-0.2, -0.15) is 0 Å². The molecule has 1 aliphatic heterocycles. The first-order valence-corrected chi connectivity index (χ1v) is 12.3. The number of carboxylic acid groups (broad SMARTS) is 1. The molecule has 0 spiro atoms. The topological polar surface area (TPSA) is 115 Å². The zero-order valence-corrected chi connectivity index (χ0v) is 20.7. The van der Waals surface area contributed by atoms with Gasteiger partial charge in [0.15, 0.2) is 0 Å². The third-order valence-electron chi connectivity index (χ3n) is 7.04. The first-order valence-electron chi connectivity index (χ1n) is 12.3. The van der Waals surface area contributed by atoms with E-state index < -0.39 is 17.2 Å². The van der Waals surface area contributed by atoms with Gasteiger partial charge in [0.05, 0.1) is 24.4 Å². The average Bonchev–Trinajstić information content (AvgIpc) is 3.62. The Kier molecular flexibility index (Phi) is 7.33. The first-order chi connectivity index (χ1) is 17.2. The van der Waals surface area contributed by atoms with Crippen LogP contribution in [0.1, 0.15) is 61.5 Å². The van der Waals surface area contributed by atoms with Crippen LogP contribution in [0.2, 0.25) is 0 Å². The Morgan fingerprint density at radius 3 is 2.08 bits per heavy atom. The molecule has 0 radical (unpaired) electrons. The molecule has 2 aliphatic rings. The number of nitrogens with zero attached hydrogens (tertiary/aromatic N) is 2. The Balaban J connectivity index is 1.74. The second-order valence-corrected chi connectivity index (χ2v) is 9.54. The van der Waals surface area contributed by atoms with Gasteiger partial charge >= 0.3 is 17.9 Å².